The van der Waals surface area contributed by atoms with Crippen LogP contribution in [-0.4, -0.2) is 60.4 Å². The van der Waals surface area contributed by atoms with Crippen molar-refractivity contribution in [3.05, 3.63) is 65.7 Å². The third-order valence-electron chi connectivity index (χ3n) is 5.07. The fraction of sp³-hybridized carbons (Fsp3) is 0.391. The van der Waals surface area contributed by atoms with Crippen LogP contribution in [-0.2, 0) is 16.1 Å². The Balaban J connectivity index is 1.39. The Bertz CT molecular complexity index is 800. The molecule has 1 heterocycles. The molecule has 154 valence electrons. The molecule has 1 unspecified atom stereocenters. The molecule has 6 heteroatoms. The Morgan fingerprint density at radius 2 is 1.66 bits per heavy atom. The van der Waals surface area contributed by atoms with E-state index in [2.05, 4.69) is 10.2 Å². The first-order valence-electron chi connectivity index (χ1n) is 10.1. The van der Waals surface area contributed by atoms with E-state index in [9.17, 15) is 9.59 Å². The summed E-state index contributed by atoms with van der Waals surface area (Å²) >= 11 is 0. The van der Waals surface area contributed by atoms with Crippen LogP contribution in [0.25, 0.3) is 0 Å². The molecule has 2 amide bonds. The maximum atomic E-state index is 12.7. The van der Waals surface area contributed by atoms with Crippen LogP contribution < -0.4 is 10.1 Å². The summed E-state index contributed by atoms with van der Waals surface area (Å²) in [6.07, 6.45) is -0.529. The molecule has 0 aromatic heterocycles. The molecule has 1 saturated heterocycles. The lowest BCUT2D eigenvalue weighted by Gasteiger charge is -2.35. The van der Waals surface area contributed by atoms with Gasteiger partial charge in [0.25, 0.3) is 5.91 Å². The van der Waals surface area contributed by atoms with Crippen LogP contribution in [0.4, 0.5) is 0 Å². The van der Waals surface area contributed by atoms with Crippen molar-refractivity contribution in [2.45, 2.75) is 26.5 Å². The zero-order valence-corrected chi connectivity index (χ0v) is 17.1. The molecule has 3 rings (SSSR count). The monoisotopic (exact) mass is 395 g/mol. The molecule has 6 nitrogen and oxygen atoms in total. The van der Waals surface area contributed by atoms with Crippen LogP contribution in [0.1, 0.15) is 18.1 Å². The largest absolute Gasteiger partial charge is 0.481 e. The van der Waals surface area contributed by atoms with Gasteiger partial charge in [-0.15, -0.1) is 0 Å². The van der Waals surface area contributed by atoms with Gasteiger partial charge in [0.1, 0.15) is 5.75 Å². The van der Waals surface area contributed by atoms with Crippen molar-refractivity contribution < 1.29 is 14.3 Å². The fourth-order valence-electron chi connectivity index (χ4n) is 3.31. The quantitative estimate of drug-likeness (QED) is 0.781. The van der Waals surface area contributed by atoms with Gasteiger partial charge in [0.2, 0.25) is 5.91 Å². The molecule has 1 N–H and O–H groups in total. The van der Waals surface area contributed by atoms with Gasteiger partial charge < -0.3 is 15.0 Å². The highest BCUT2D eigenvalue weighted by molar-refractivity contribution is 5.81. The molecule has 0 radical (unpaired) electrons. The molecule has 1 aliphatic heterocycles. The Labute approximate surface area is 172 Å². The van der Waals surface area contributed by atoms with Gasteiger partial charge in [-0.05, 0) is 31.5 Å². The van der Waals surface area contributed by atoms with Gasteiger partial charge in [0.05, 0.1) is 6.54 Å². The predicted molar refractivity (Wildman–Crippen MR) is 113 cm³/mol. The molecule has 2 aromatic carbocycles. The molecule has 1 fully saturated rings. The lowest BCUT2D eigenvalue weighted by Crippen LogP contribution is -2.53. The molecule has 29 heavy (non-hydrogen) atoms. The SMILES string of the molecule is Cc1ccc(OC(C)C(=O)N2CCN(CC(=O)NCc3ccccc3)CC2)cc1. The highest BCUT2D eigenvalue weighted by Gasteiger charge is 2.26. The van der Waals surface area contributed by atoms with Crippen LogP contribution in [0.3, 0.4) is 0 Å². The number of hydrogen-bond donors (Lipinski definition) is 1. The number of carbonyl (C=O) groups excluding carboxylic acids is 2. The zero-order chi connectivity index (χ0) is 20.6. The molecule has 0 bridgehead atoms. The molecule has 2 aromatic rings. The minimum absolute atomic E-state index is 0.00435. The summed E-state index contributed by atoms with van der Waals surface area (Å²) in [5.74, 6) is 0.689. The second kappa shape index (κ2) is 10.1. The fourth-order valence-corrected chi connectivity index (χ4v) is 3.31. The summed E-state index contributed by atoms with van der Waals surface area (Å²) in [7, 11) is 0. The van der Waals surface area contributed by atoms with E-state index in [1.807, 2.05) is 66.4 Å². The van der Waals surface area contributed by atoms with Crippen molar-refractivity contribution in [3.63, 3.8) is 0 Å². The number of rotatable bonds is 7. The number of nitrogens with zero attached hydrogens (tertiary/aromatic N) is 2. The first-order chi connectivity index (χ1) is 14.0. The van der Waals surface area contributed by atoms with Crippen LogP contribution in [0.2, 0.25) is 0 Å². The predicted octanol–water partition coefficient (Wildman–Crippen LogP) is 2.22. The van der Waals surface area contributed by atoms with Crippen molar-refractivity contribution in [3.8, 4) is 5.75 Å². The van der Waals surface area contributed by atoms with Gasteiger partial charge in [0.15, 0.2) is 6.10 Å². The number of hydrogen-bond acceptors (Lipinski definition) is 4. The number of nitrogens with one attached hydrogen (secondary N) is 1. The lowest BCUT2D eigenvalue weighted by molar-refractivity contribution is -0.139. The summed E-state index contributed by atoms with van der Waals surface area (Å²) in [4.78, 5) is 28.7. The maximum absolute atomic E-state index is 12.7. The smallest absolute Gasteiger partial charge is 0.263 e. The molecule has 0 spiro atoms. The first kappa shape index (κ1) is 20.9. The summed E-state index contributed by atoms with van der Waals surface area (Å²) in [6, 6.07) is 17.6. The second-order valence-electron chi connectivity index (χ2n) is 7.44. The third kappa shape index (κ3) is 6.32. The van der Waals surface area contributed by atoms with E-state index in [0.29, 0.717) is 45.0 Å². The molecule has 1 atom stereocenters. The molecule has 0 aliphatic carbocycles. The Kier molecular flexibility index (Phi) is 7.25. The van der Waals surface area contributed by atoms with Crippen molar-refractivity contribution in [1.82, 2.24) is 15.1 Å². The summed E-state index contributed by atoms with van der Waals surface area (Å²) in [5, 5.41) is 2.95. The van der Waals surface area contributed by atoms with Crippen LogP contribution in [0, 0.1) is 6.92 Å². The normalized spacial score (nSPS) is 15.6. The van der Waals surface area contributed by atoms with Gasteiger partial charge in [0, 0.05) is 32.7 Å². The minimum Gasteiger partial charge on any atom is -0.481 e. The van der Waals surface area contributed by atoms with Gasteiger partial charge in [-0.25, -0.2) is 0 Å². The number of carbonyl (C=O) groups is 2. The number of ether oxygens (including phenoxy) is 1. The summed E-state index contributed by atoms with van der Waals surface area (Å²) in [6.45, 7) is 7.25. The third-order valence-corrected chi connectivity index (χ3v) is 5.07. The molecule has 1 aliphatic rings. The summed E-state index contributed by atoms with van der Waals surface area (Å²) in [5.41, 5.74) is 2.24. The first-order valence-corrected chi connectivity index (χ1v) is 10.1. The van der Waals surface area contributed by atoms with Crippen molar-refractivity contribution >= 4 is 11.8 Å². The molecular weight excluding hydrogens is 366 g/mol. The molecule has 0 saturated carbocycles. The highest BCUT2D eigenvalue weighted by atomic mass is 16.5. The van der Waals surface area contributed by atoms with Gasteiger partial charge >= 0.3 is 0 Å². The van der Waals surface area contributed by atoms with Crippen molar-refractivity contribution in [1.29, 1.82) is 0 Å². The van der Waals surface area contributed by atoms with Gasteiger partial charge in [-0.2, -0.15) is 0 Å². The Morgan fingerprint density at radius 1 is 1.00 bits per heavy atom. The van der Waals surface area contributed by atoms with E-state index in [1.165, 1.54) is 0 Å². The van der Waals surface area contributed by atoms with Crippen LogP contribution in [0.15, 0.2) is 54.6 Å². The van der Waals surface area contributed by atoms with Crippen molar-refractivity contribution in [2.75, 3.05) is 32.7 Å². The number of piperazine rings is 1. The summed E-state index contributed by atoms with van der Waals surface area (Å²) < 4.78 is 5.78. The van der Waals surface area contributed by atoms with E-state index in [4.69, 9.17) is 4.74 Å². The topological polar surface area (TPSA) is 61.9 Å². The van der Waals surface area contributed by atoms with E-state index in [1.54, 1.807) is 6.92 Å². The number of aryl methyl sites for hydroxylation is 1. The van der Waals surface area contributed by atoms with Crippen LogP contribution >= 0.6 is 0 Å². The number of benzene rings is 2. The van der Waals surface area contributed by atoms with E-state index >= 15 is 0 Å². The van der Waals surface area contributed by atoms with Crippen LogP contribution in [0.5, 0.6) is 5.75 Å². The lowest BCUT2D eigenvalue weighted by atomic mass is 10.2. The van der Waals surface area contributed by atoms with E-state index < -0.39 is 6.10 Å². The van der Waals surface area contributed by atoms with Crippen molar-refractivity contribution in [2.24, 2.45) is 0 Å². The average Bonchev–Trinajstić information content (AvgIpc) is 2.74. The zero-order valence-electron chi connectivity index (χ0n) is 17.1. The van der Waals surface area contributed by atoms with Gasteiger partial charge in [-0.3, -0.25) is 14.5 Å². The Morgan fingerprint density at radius 3 is 2.31 bits per heavy atom. The molecular formula is C23H29N3O3. The Hall–Kier alpha value is -2.86. The van der Waals surface area contributed by atoms with E-state index in [0.717, 1.165) is 11.1 Å². The second-order valence-corrected chi connectivity index (χ2v) is 7.44. The maximum Gasteiger partial charge on any atom is 0.263 e. The minimum atomic E-state index is -0.529. The average molecular weight is 396 g/mol. The standard InChI is InChI=1S/C23H29N3O3/c1-18-8-10-21(11-9-18)29-19(2)23(28)26-14-12-25(13-15-26)17-22(27)24-16-20-6-4-3-5-7-20/h3-11,19H,12-17H2,1-2H3,(H,24,27). The van der Waals surface area contributed by atoms with Gasteiger partial charge in [-0.1, -0.05) is 48.0 Å². The number of amides is 2. The van der Waals surface area contributed by atoms with E-state index in [-0.39, 0.29) is 11.8 Å². The highest BCUT2D eigenvalue weighted by Crippen LogP contribution is 2.15.